The van der Waals surface area contributed by atoms with Crippen LogP contribution in [0.2, 0.25) is 0 Å². The number of imide groups is 1. The average Bonchev–Trinajstić information content (AvgIpc) is 2.68. The molecule has 0 aliphatic carbocycles. The summed E-state index contributed by atoms with van der Waals surface area (Å²) in [5, 5.41) is 2.27. The Kier molecular flexibility index (Phi) is 2.73. The number of allylic oxidation sites excluding steroid dienone is 1. The number of hydrogen-bond donors (Lipinski definition) is 1. The molecular weight excluding hydrogens is 275 g/mol. The van der Waals surface area contributed by atoms with Gasteiger partial charge in [-0.15, -0.1) is 0 Å². The van der Waals surface area contributed by atoms with Crippen LogP contribution in [0.5, 0.6) is 0 Å². The molecule has 1 fully saturated rings. The number of halogens is 1. The molecule has 6 heteroatoms. The van der Waals surface area contributed by atoms with E-state index in [0.717, 1.165) is 0 Å². The van der Waals surface area contributed by atoms with Gasteiger partial charge in [0, 0.05) is 12.1 Å². The Hall–Kier alpha value is -2.50. The van der Waals surface area contributed by atoms with Crippen molar-refractivity contribution in [2.24, 2.45) is 0 Å². The van der Waals surface area contributed by atoms with E-state index < -0.39 is 23.5 Å². The fourth-order valence-corrected chi connectivity index (χ4v) is 2.74. The molecule has 3 amide bonds. The van der Waals surface area contributed by atoms with Crippen molar-refractivity contribution in [2.45, 2.75) is 25.6 Å². The molecule has 108 valence electrons. The maximum Gasteiger partial charge on any atom is 0.283 e. The van der Waals surface area contributed by atoms with Crippen molar-refractivity contribution >= 4 is 17.7 Å². The standard InChI is InChI=1S/C15H13FN2O3/c1-8-4-3-5-10-11(8)13(20)18(12(10)19)15(16)7-6-9(2)17-14(15)21/h3-5H,2,6-7H2,1H3,(H,17,21). The molecule has 0 bridgehead atoms. The number of piperidine rings is 1. The van der Waals surface area contributed by atoms with E-state index in [-0.39, 0.29) is 24.0 Å². The number of benzene rings is 1. The Labute approximate surface area is 120 Å². The van der Waals surface area contributed by atoms with E-state index in [9.17, 15) is 14.4 Å². The number of rotatable bonds is 1. The lowest BCUT2D eigenvalue weighted by molar-refractivity contribution is -0.143. The van der Waals surface area contributed by atoms with Crippen molar-refractivity contribution in [1.29, 1.82) is 0 Å². The fraction of sp³-hybridized carbons (Fsp3) is 0.267. The normalized spacial score (nSPS) is 25.1. The summed E-state index contributed by atoms with van der Waals surface area (Å²) >= 11 is 0. The lowest BCUT2D eigenvalue weighted by Gasteiger charge is -2.35. The molecule has 1 unspecified atom stereocenters. The van der Waals surface area contributed by atoms with E-state index >= 15 is 4.39 Å². The number of carbonyl (C=O) groups excluding carboxylic acids is 3. The van der Waals surface area contributed by atoms with Crippen molar-refractivity contribution in [2.75, 3.05) is 0 Å². The van der Waals surface area contributed by atoms with Crippen LogP contribution in [0.3, 0.4) is 0 Å². The second-order valence-corrected chi connectivity index (χ2v) is 5.26. The second kappa shape index (κ2) is 4.25. The molecule has 2 heterocycles. The Morgan fingerprint density at radius 1 is 1.29 bits per heavy atom. The number of nitrogens with one attached hydrogen (secondary N) is 1. The van der Waals surface area contributed by atoms with Crippen LogP contribution in [0, 0.1) is 6.92 Å². The maximum atomic E-state index is 15.1. The summed E-state index contributed by atoms with van der Waals surface area (Å²) in [5.41, 5.74) is 1.25. The van der Waals surface area contributed by atoms with Crippen LogP contribution < -0.4 is 5.32 Å². The third kappa shape index (κ3) is 1.72. The zero-order valence-corrected chi connectivity index (χ0v) is 11.4. The van der Waals surface area contributed by atoms with Gasteiger partial charge in [-0.2, -0.15) is 0 Å². The molecule has 1 aromatic rings. The number of alkyl halides is 1. The number of hydrogen-bond acceptors (Lipinski definition) is 3. The first-order valence-corrected chi connectivity index (χ1v) is 6.53. The van der Waals surface area contributed by atoms with Crippen molar-refractivity contribution in [3.8, 4) is 0 Å². The highest BCUT2D eigenvalue weighted by atomic mass is 19.1. The van der Waals surface area contributed by atoms with Gasteiger partial charge in [-0.1, -0.05) is 18.7 Å². The molecule has 1 saturated heterocycles. The molecule has 3 rings (SSSR count). The number of aryl methyl sites for hydroxylation is 1. The molecule has 2 aliphatic rings. The summed E-state index contributed by atoms with van der Waals surface area (Å²) < 4.78 is 15.1. The molecule has 1 aromatic carbocycles. The zero-order valence-electron chi connectivity index (χ0n) is 11.4. The highest BCUT2D eigenvalue weighted by Crippen LogP contribution is 2.37. The monoisotopic (exact) mass is 288 g/mol. The van der Waals surface area contributed by atoms with Gasteiger partial charge in [0.15, 0.2) is 0 Å². The molecule has 0 radical (unpaired) electrons. The zero-order chi connectivity index (χ0) is 15.4. The van der Waals surface area contributed by atoms with E-state index in [1.54, 1.807) is 19.1 Å². The van der Waals surface area contributed by atoms with E-state index in [1.165, 1.54) is 6.07 Å². The van der Waals surface area contributed by atoms with Crippen LogP contribution in [0.4, 0.5) is 4.39 Å². The lowest BCUT2D eigenvalue weighted by Crippen LogP contribution is -2.60. The quantitative estimate of drug-likeness (QED) is 0.631. The van der Waals surface area contributed by atoms with Gasteiger partial charge in [0.05, 0.1) is 11.1 Å². The second-order valence-electron chi connectivity index (χ2n) is 5.26. The lowest BCUT2D eigenvalue weighted by atomic mass is 10.00. The molecule has 0 aromatic heterocycles. The Morgan fingerprint density at radius 3 is 2.62 bits per heavy atom. The highest BCUT2D eigenvalue weighted by molar-refractivity contribution is 6.24. The molecule has 2 aliphatic heterocycles. The number of amides is 3. The summed E-state index contributed by atoms with van der Waals surface area (Å²) in [6, 6.07) is 4.75. The van der Waals surface area contributed by atoms with Crippen LogP contribution in [-0.4, -0.2) is 28.4 Å². The predicted octanol–water partition coefficient (Wildman–Crippen LogP) is 1.68. The third-order valence-electron chi connectivity index (χ3n) is 3.87. The first-order valence-electron chi connectivity index (χ1n) is 6.53. The van der Waals surface area contributed by atoms with Gasteiger partial charge in [0.2, 0.25) is 0 Å². The summed E-state index contributed by atoms with van der Waals surface area (Å²) in [6.07, 6.45) is -0.100. The van der Waals surface area contributed by atoms with Crippen LogP contribution in [-0.2, 0) is 4.79 Å². The number of fused-ring (bicyclic) bond motifs is 1. The molecule has 0 spiro atoms. The summed E-state index contributed by atoms with van der Waals surface area (Å²) in [6.45, 7) is 5.23. The van der Waals surface area contributed by atoms with Gasteiger partial charge in [-0.25, -0.2) is 9.29 Å². The minimum atomic E-state index is -2.67. The highest BCUT2D eigenvalue weighted by Gasteiger charge is 2.56. The summed E-state index contributed by atoms with van der Waals surface area (Å²) in [7, 11) is 0. The van der Waals surface area contributed by atoms with Crippen LogP contribution in [0.1, 0.15) is 39.1 Å². The van der Waals surface area contributed by atoms with Gasteiger partial charge >= 0.3 is 0 Å². The molecule has 1 N–H and O–H groups in total. The minimum absolute atomic E-state index is 0.134. The molecular formula is C15H13FN2O3. The average molecular weight is 288 g/mol. The number of nitrogens with zero attached hydrogens (tertiary/aromatic N) is 1. The molecule has 0 saturated carbocycles. The van der Waals surface area contributed by atoms with Crippen LogP contribution in [0.15, 0.2) is 30.5 Å². The SMILES string of the molecule is C=C1CCC(F)(N2C(=O)c3cccc(C)c3C2=O)C(=O)N1. The summed E-state index contributed by atoms with van der Waals surface area (Å²) in [5.74, 6) is -5.23. The van der Waals surface area contributed by atoms with Crippen molar-refractivity contribution in [3.63, 3.8) is 0 Å². The molecule has 21 heavy (non-hydrogen) atoms. The molecule has 1 atom stereocenters. The van der Waals surface area contributed by atoms with Crippen molar-refractivity contribution in [3.05, 3.63) is 47.2 Å². The largest absolute Gasteiger partial charge is 0.326 e. The van der Waals surface area contributed by atoms with E-state index in [4.69, 9.17) is 0 Å². The number of carbonyl (C=O) groups is 3. The first kappa shape index (κ1) is 13.5. The first-order chi connectivity index (χ1) is 9.86. The van der Waals surface area contributed by atoms with E-state index in [2.05, 4.69) is 11.9 Å². The van der Waals surface area contributed by atoms with Gasteiger partial charge in [-0.05, 0) is 25.0 Å². The predicted molar refractivity (Wildman–Crippen MR) is 72.0 cm³/mol. The van der Waals surface area contributed by atoms with Gasteiger partial charge in [-0.3, -0.25) is 14.4 Å². The van der Waals surface area contributed by atoms with Crippen molar-refractivity contribution < 1.29 is 18.8 Å². The third-order valence-corrected chi connectivity index (χ3v) is 3.87. The van der Waals surface area contributed by atoms with E-state index in [1.807, 2.05) is 0 Å². The fourth-order valence-electron chi connectivity index (χ4n) is 2.74. The Balaban J connectivity index is 2.08. The maximum absolute atomic E-state index is 15.1. The van der Waals surface area contributed by atoms with Crippen LogP contribution >= 0.6 is 0 Å². The molecule has 5 nitrogen and oxygen atoms in total. The van der Waals surface area contributed by atoms with Crippen molar-refractivity contribution in [1.82, 2.24) is 10.2 Å². The van der Waals surface area contributed by atoms with Gasteiger partial charge in [0.25, 0.3) is 23.5 Å². The Bertz CT molecular complexity index is 713. The van der Waals surface area contributed by atoms with Gasteiger partial charge in [0.1, 0.15) is 0 Å². The van der Waals surface area contributed by atoms with E-state index in [0.29, 0.717) is 16.2 Å². The topological polar surface area (TPSA) is 66.5 Å². The smallest absolute Gasteiger partial charge is 0.283 e. The van der Waals surface area contributed by atoms with Crippen LogP contribution in [0.25, 0.3) is 0 Å². The Morgan fingerprint density at radius 2 is 2.00 bits per heavy atom. The minimum Gasteiger partial charge on any atom is -0.326 e. The summed E-state index contributed by atoms with van der Waals surface area (Å²) in [4.78, 5) is 37.2. The van der Waals surface area contributed by atoms with Gasteiger partial charge < -0.3 is 5.32 Å².